The van der Waals surface area contributed by atoms with E-state index >= 15 is 0 Å². The number of nitrogens with one attached hydrogen (secondary N) is 1. The van der Waals surface area contributed by atoms with Crippen molar-refractivity contribution in [2.24, 2.45) is 5.92 Å². The molecule has 2 aromatic rings. The van der Waals surface area contributed by atoms with E-state index in [1.165, 1.54) is 0 Å². The minimum atomic E-state index is 0.0261. The van der Waals surface area contributed by atoms with Gasteiger partial charge < -0.3 is 19.4 Å². The van der Waals surface area contributed by atoms with Gasteiger partial charge in [-0.2, -0.15) is 0 Å². The lowest BCUT2D eigenvalue weighted by molar-refractivity contribution is -0.125. The number of aromatic nitrogens is 2. The summed E-state index contributed by atoms with van der Waals surface area (Å²) in [5.41, 5.74) is 2.15. The number of amides is 1. The number of hydrogen-bond donors (Lipinski definition) is 1. The first-order valence-electron chi connectivity index (χ1n) is 7.45. The van der Waals surface area contributed by atoms with Crippen LogP contribution in [0.1, 0.15) is 17.7 Å². The van der Waals surface area contributed by atoms with Crippen molar-refractivity contribution in [3.63, 3.8) is 0 Å². The van der Waals surface area contributed by atoms with Gasteiger partial charge in [-0.1, -0.05) is 6.07 Å². The van der Waals surface area contributed by atoms with Crippen LogP contribution in [0.15, 0.2) is 30.7 Å². The summed E-state index contributed by atoms with van der Waals surface area (Å²) < 4.78 is 12.7. The third kappa shape index (κ3) is 2.41. The third-order valence-electron chi connectivity index (χ3n) is 4.25. The van der Waals surface area contributed by atoms with E-state index in [2.05, 4.69) is 14.9 Å². The molecule has 0 saturated carbocycles. The molecule has 6 heteroatoms. The first-order valence-corrected chi connectivity index (χ1v) is 7.45. The number of hydrogen-bond acceptors (Lipinski definition) is 4. The summed E-state index contributed by atoms with van der Waals surface area (Å²) in [7, 11) is 0. The predicted molar refractivity (Wildman–Crippen MR) is 78.4 cm³/mol. The topological polar surface area (TPSA) is 65.4 Å². The van der Waals surface area contributed by atoms with Crippen LogP contribution in [0.5, 0.6) is 11.5 Å². The van der Waals surface area contributed by atoms with Crippen LogP contribution in [-0.4, -0.2) is 22.3 Å². The molecule has 0 aliphatic carbocycles. The second-order valence-corrected chi connectivity index (χ2v) is 5.67. The fraction of sp³-hybridized carbons (Fsp3) is 0.375. The van der Waals surface area contributed by atoms with Gasteiger partial charge in [-0.25, -0.2) is 4.98 Å². The number of nitrogens with zero attached hydrogens (tertiary/aromatic N) is 2. The maximum absolute atomic E-state index is 12.3. The van der Waals surface area contributed by atoms with Gasteiger partial charge in [0.1, 0.15) is 0 Å². The Morgan fingerprint density at radius 3 is 3.23 bits per heavy atom. The minimum Gasteiger partial charge on any atom is -0.454 e. The van der Waals surface area contributed by atoms with Crippen molar-refractivity contribution in [3.05, 3.63) is 42.0 Å². The monoisotopic (exact) mass is 299 g/mol. The second-order valence-electron chi connectivity index (χ2n) is 5.67. The second kappa shape index (κ2) is 5.36. The van der Waals surface area contributed by atoms with Crippen molar-refractivity contribution >= 4 is 5.91 Å². The lowest BCUT2D eigenvalue weighted by atomic mass is 9.95. The molecule has 3 heterocycles. The normalized spacial score (nSPS) is 18.8. The van der Waals surface area contributed by atoms with Crippen molar-refractivity contribution < 1.29 is 14.3 Å². The Morgan fingerprint density at radius 1 is 1.36 bits per heavy atom. The van der Waals surface area contributed by atoms with Crippen LogP contribution in [0.25, 0.3) is 0 Å². The van der Waals surface area contributed by atoms with E-state index in [1.54, 1.807) is 0 Å². The molecule has 1 aromatic heterocycles. The molecule has 1 unspecified atom stereocenters. The van der Waals surface area contributed by atoms with E-state index < -0.39 is 0 Å². The fourth-order valence-corrected chi connectivity index (χ4v) is 2.98. The Kier molecular flexibility index (Phi) is 3.21. The van der Waals surface area contributed by atoms with E-state index in [4.69, 9.17) is 9.47 Å². The molecule has 2 aliphatic heterocycles. The highest BCUT2D eigenvalue weighted by Crippen LogP contribution is 2.32. The Bertz CT molecular complexity index is 710. The molecule has 0 spiro atoms. The lowest BCUT2D eigenvalue weighted by Gasteiger charge is -2.23. The fourth-order valence-electron chi connectivity index (χ4n) is 2.98. The smallest absolute Gasteiger partial charge is 0.231 e. The standard InChI is InChI=1S/C16H17N3O3/c20-16(12-3-4-19-9-17-8-13(19)6-12)18-7-11-1-2-14-15(5-11)22-10-21-14/h1-2,5,8-9,12H,3-4,6-7,10H2,(H,18,20). The SMILES string of the molecule is O=C(NCc1ccc2c(c1)OCO2)C1CCn2cncc2C1. The first-order chi connectivity index (χ1) is 10.8. The van der Waals surface area contributed by atoms with Gasteiger partial charge in [-0.05, 0) is 24.1 Å². The van der Waals surface area contributed by atoms with Crippen molar-refractivity contribution in [1.29, 1.82) is 0 Å². The van der Waals surface area contributed by atoms with Gasteiger partial charge in [0.25, 0.3) is 0 Å². The highest BCUT2D eigenvalue weighted by Gasteiger charge is 2.24. The quantitative estimate of drug-likeness (QED) is 0.932. The van der Waals surface area contributed by atoms with Crippen LogP contribution in [0.3, 0.4) is 0 Å². The molecule has 0 saturated heterocycles. The predicted octanol–water partition coefficient (Wildman–Crippen LogP) is 1.49. The number of aryl methyl sites for hydroxylation is 1. The largest absolute Gasteiger partial charge is 0.454 e. The Labute approximate surface area is 128 Å². The van der Waals surface area contributed by atoms with Crippen molar-refractivity contribution in [2.45, 2.75) is 25.9 Å². The molecular formula is C16H17N3O3. The average Bonchev–Trinajstić information content (AvgIpc) is 3.19. The van der Waals surface area contributed by atoms with E-state index in [0.717, 1.165) is 42.1 Å². The molecule has 22 heavy (non-hydrogen) atoms. The van der Waals surface area contributed by atoms with E-state index in [-0.39, 0.29) is 18.6 Å². The molecule has 1 aromatic carbocycles. The van der Waals surface area contributed by atoms with Gasteiger partial charge in [0.2, 0.25) is 12.7 Å². The van der Waals surface area contributed by atoms with Gasteiger partial charge in [0.05, 0.1) is 6.33 Å². The zero-order valence-electron chi connectivity index (χ0n) is 12.1. The zero-order valence-corrected chi connectivity index (χ0v) is 12.1. The molecule has 0 fully saturated rings. The maximum atomic E-state index is 12.3. The van der Waals surface area contributed by atoms with Gasteiger partial charge in [-0.15, -0.1) is 0 Å². The van der Waals surface area contributed by atoms with Gasteiger partial charge in [-0.3, -0.25) is 4.79 Å². The molecule has 1 N–H and O–H groups in total. The van der Waals surface area contributed by atoms with E-state index in [1.807, 2.05) is 30.7 Å². The number of carbonyl (C=O) groups is 1. The van der Waals surface area contributed by atoms with Crippen molar-refractivity contribution in [1.82, 2.24) is 14.9 Å². The summed E-state index contributed by atoms with van der Waals surface area (Å²) in [5.74, 6) is 1.63. The molecule has 1 amide bonds. The van der Waals surface area contributed by atoms with Crippen LogP contribution in [0, 0.1) is 5.92 Å². The summed E-state index contributed by atoms with van der Waals surface area (Å²) in [5, 5.41) is 3.02. The lowest BCUT2D eigenvalue weighted by Crippen LogP contribution is -2.34. The minimum absolute atomic E-state index is 0.0261. The first kappa shape index (κ1) is 13.2. The number of carbonyl (C=O) groups excluding carboxylic acids is 1. The highest BCUT2D eigenvalue weighted by molar-refractivity contribution is 5.79. The van der Waals surface area contributed by atoms with Crippen molar-refractivity contribution in [3.8, 4) is 11.5 Å². The van der Waals surface area contributed by atoms with Crippen LogP contribution >= 0.6 is 0 Å². The Morgan fingerprint density at radius 2 is 2.27 bits per heavy atom. The molecular weight excluding hydrogens is 282 g/mol. The van der Waals surface area contributed by atoms with Gasteiger partial charge in [0, 0.05) is 37.3 Å². The van der Waals surface area contributed by atoms with Crippen LogP contribution < -0.4 is 14.8 Å². The van der Waals surface area contributed by atoms with E-state index in [0.29, 0.717) is 6.54 Å². The van der Waals surface area contributed by atoms with Crippen LogP contribution in [0.2, 0.25) is 0 Å². The summed E-state index contributed by atoms with van der Waals surface area (Å²) >= 11 is 0. The molecule has 2 aliphatic rings. The number of ether oxygens (including phenoxy) is 2. The highest BCUT2D eigenvalue weighted by atomic mass is 16.7. The van der Waals surface area contributed by atoms with E-state index in [9.17, 15) is 4.79 Å². The molecule has 1 atom stereocenters. The summed E-state index contributed by atoms with van der Waals surface area (Å²) in [4.78, 5) is 16.5. The average molecular weight is 299 g/mol. The number of benzene rings is 1. The molecule has 0 bridgehead atoms. The molecule has 114 valence electrons. The van der Waals surface area contributed by atoms with Crippen LogP contribution in [0.4, 0.5) is 0 Å². The van der Waals surface area contributed by atoms with Gasteiger partial charge >= 0.3 is 0 Å². The number of imidazole rings is 1. The third-order valence-corrected chi connectivity index (χ3v) is 4.25. The number of fused-ring (bicyclic) bond motifs is 2. The summed E-state index contributed by atoms with van der Waals surface area (Å²) in [6, 6.07) is 5.74. The zero-order chi connectivity index (χ0) is 14.9. The molecule has 0 radical (unpaired) electrons. The summed E-state index contributed by atoms with van der Waals surface area (Å²) in [6.07, 6.45) is 5.29. The maximum Gasteiger partial charge on any atom is 0.231 e. The Balaban J connectivity index is 1.37. The van der Waals surface area contributed by atoms with Crippen LogP contribution in [-0.2, 0) is 24.3 Å². The van der Waals surface area contributed by atoms with Crippen molar-refractivity contribution in [2.75, 3.05) is 6.79 Å². The molecule has 4 rings (SSSR count). The number of rotatable bonds is 3. The van der Waals surface area contributed by atoms with Gasteiger partial charge in [0.15, 0.2) is 11.5 Å². The molecule has 6 nitrogen and oxygen atoms in total. The Hall–Kier alpha value is -2.50. The summed E-state index contributed by atoms with van der Waals surface area (Å²) in [6.45, 7) is 1.63.